The summed E-state index contributed by atoms with van der Waals surface area (Å²) in [5, 5.41) is 31.6. The monoisotopic (exact) mass is 836 g/mol. The van der Waals surface area contributed by atoms with E-state index in [4.69, 9.17) is 10.5 Å². The molecule has 0 unspecified atom stereocenters. The number of amides is 4. The number of ether oxygens (including phenoxy) is 1. The number of aromatic amines is 1. The van der Waals surface area contributed by atoms with Gasteiger partial charge in [-0.25, -0.2) is 14.8 Å². The first kappa shape index (κ1) is 44.2. The largest absolute Gasteiger partial charge is 0.445 e. The Labute approximate surface area is 345 Å². The van der Waals surface area contributed by atoms with Crippen LogP contribution in [0.4, 0.5) is 10.5 Å². The third-order valence-corrected chi connectivity index (χ3v) is 11.5. The Balaban J connectivity index is 1.29. The summed E-state index contributed by atoms with van der Waals surface area (Å²) in [6.07, 6.45) is 3.85. The molecule has 17 nitrogen and oxygen atoms in total. The molecule has 0 saturated carbocycles. The number of carbonyl (C=O) groups is 4. The van der Waals surface area contributed by atoms with Crippen LogP contribution in [-0.2, 0) is 32.1 Å². The zero-order valence-electron chi connectivity index (χ0n) is 32.6. The van der Waals surface area contributed by atoms with Crippen molar-refractivity contribution in [1.82, 2.24) is 35.8 Å². The van der Waals surface area contributed by atoms with E-state index in [1.165, 1.54) is 29.4 Å². The van der Waals surface area contributed by atoms with Gasteiger partial charge in [0.05, 0.1) is 16.5 Å². The Hall–Kier alpha value is -4.92. The topological polar surface area (TPSA) is 249 Å². The van der Waals surface area contributed by atoms with Crippen LogP contribution < -0.4 is 27.0 Å². The van der Waals surface area contributed by atoms with Crippen LogP contribution >= 0.6 is 23.1 Å². The zero-order valence-corrected chi connectivity index (χ0v) is 34.2. The molecule has 4 aromatic rings. The van der Waals surface area contributed by atoms with Crippen LogP contribution in [0.15, 0.2) is 66.0 Å². The van der Waals surface area contributed by atoms with Gasteiger partial charge in [0.1, 0.15) is 40.8 Å². The molecule has 0 aliphatic carbocycles. The molecule has 58 heavy (non-hydrogen) atoms. The summed E-state index contributed by atoms with van der Waals surface area (Å²) in [5.41, 5.74) is 8.32. The first-order valence-corrected chi connectivity index (χ1v) is 21.0. The molecule has 4 amide bonds. The highest BCUT2D eigenvalue weighted by atomic mass is 32.2. The first-order chi connectivity index (χ1) is 28.0. The molecular weight excluding hydrogens is 785 g/mol. The Morgan fingerprint density at radius 3 is 2.34 bits per heavy atom. The van der Waals surface area contributed by atoms with Gasteiger partial charge >= 0.3 is 6.09 Å². The summed E-state index contributed by atoms with van der Waals surface area (Å²) in [4.78, 5) is 72.8. The fraction of sp³-hybridized carbons (Fsp3) is 0.462. The third kappa shape index (κ3) is 13.6. The van der Waals surface area contributed by atoms with Gasteiger partial charge in [-0.1, -0.05) is 30.3 Å². The maximum Gasteiger partial charge on any atom is 0.408 e. The number of aliphatic hydroxyl groups excluding tert-OH is 1. The fourth-order valence-corrected chi connectivity index (χ4v) is 8.22. The molecule has 1 aliphatic rings. The quantitative estimate of drug-likeness (QED) is 0.0420. The highest BCUT2D eigenvalue weighted by molar-refractivity contribution is 8.15. The number of hydrogen-bond donors (Lipinski definition) is 8. The number of nitrogens with zero attached hydrogens (tertiary/aromatic N) is 4. The van der Waals surface area contributed by atoms with Gasteiger partial charge in [-0.3, -0.25) is 19.4 Å². The molecule has 0 saturated heterocycles. The van der Waals surface area contributed by atoms with Crippen molar-refractivity contribution in [2.45, 2.75) is 82.0 Å². The van der Waals surface area contributed by atoms with Crippen LogP contribution in [0, 0.1) is 0 Å². The molecule has 2 aromatic carbocycles. The van der Waals surface area contributed by atoms with E-state index in [9.17, 15) is 29.4 Å². The van der Waals surface area contributed by atoms with E-state index in [2.05, 4.69) is 41.2 Å². The number of thiazole rings is 1. The van der Waals surface area contributed by atoms with Crippen LogP contribution in [0.3, 0.4) is 0 Å². The summed E-state index contributed by atoms with van der Waals surface area (Å²) in [7, 11) is 3.90. The van der Waals surface area contributed by atoms with Crippen LogP contribution in [0.25, 0.3) is 10.2 Å². The number of rotatable bonds is 22. The lowest BCUT2D eigenvalue weighted by Crippen LogP contribution is -2.56. The molecular formula is C39H52N10O7S2. The van der Waals surface area contributed by atoms with Gasteiger partial charge in [-0.05, 0) is 89.5 Å². The fourth-order valence-electron chi connectivity index (χ4n) is 6.07. The van der Waals surface area contributed by atoms with Gasteiger partial charge in [0.25, 0.3) is 0 Å². The molecule has 1 aliphatic heterocycles. The first-order valence-electron chi connectivity index (χ1n) is 19.2. The van der Waals surface area contributed by atoms with E-state index in [0.717, 1.165) is 23.2 Å². The van der Waals surface area contributed by atoms with E-state index >= 15 is 0 Å². The molecule has 3 heterocycles. The van der Waals surface area contributed by atoms with Gasteiger partial charge in [0.15, 0.2) is 6.29 Å². The van der Waals surface area contributed by atoms with Gasteiger partial charge in [0, 0.05) is 29.8 Å². The van der Waals surface area contributed by atoms with Crippen molar-refractivity contribution in [3.05, 3.63) is 77.3 Å². The van der Waals surface area contributed by atoms with Crippen LogP contribution in [0.2, 0.25) is 0 Å². The van der Waals surface area contributed by atoms with Crippen molar-refractivity contribution < 1.29 is 34.1 Å². The summed E-state index contributed by atoms with van der Waals surface area (Å²) in [5.74, 6) is -1.15. The standard InChI is InChI=1S/C39H52N10O7S2/c1-49(2)17-9-7-13-29(45-35(52)30(18-26-20-41-23-42-26)48-39(55)56-21-24-10-4-3-5-11-24)34(51)44-28(12-6-8-16-40)33(50)43-25-14-15-27-32(19-25)58-37(46-27)36-47-31(22-57-36)38(53)54/h3-5,10-11,14-15,19-20,23,28-31,38,53-54H,6-9,12-13,16-18,21-22,40H2,1-2H3,(H,41,42)(H,43,50)(H,44,51)(H,45,52)(H,48,55)/t28-,29-,30-,31+/m0/s1. The number of thioether (sulfide) groups is 1. The zero-order chi connectivity index (χ0) is 41.4. The van der Waals surface area contributed by atoms with E-state index in [-0.39, 0.29) is 19.4 Å². The lowest BCUT2D eigenvalue weighted by Gasteiger charge is -2.25. The number of alkyl carbamates (subject to hydrolysis) is 1. The van der Waals surface area contributed by atoms with Gasteiger partial charge in [-0.2, -0.15) is 0 Å². The minimum Gasteiger partial charge on any atom is -0.445 e. The summed E-state index contributed by atoms with van der Waals surface area (Å²) in [6.45, 7) is 1.19. The second-order valence-corrected chi connectivity index (χ2v) is 16.2. The summed E-state index contributed by atoms with van der Waals surface area (Å²) < 4.78 is 6.19. The van der Waals surface area contributed by atoms with Crippen molar-refractivity contribution >= 4 is 67.9 Å². The number of H-pyrrole nitrogens is 1. The molecule has 312 valence electrons. The van der Waals surface area contributed by atoms with Gasteiger partial charge in [0.2, 0.25) is 17.7 Å². The number of aromatic nitrogens is 3. The number of imidazole rings is 1. The molecule has 4 atom stereocenters. The number of hydrogen-bond acceptors (Lipinski definition) is 14. The molecule has 9 N–H and O–H groups in total. The molecule has 5 rings (SSSR count). The van der Waals surface area contributed by atoms with Crippen molar-refractivity contribution in [1.29, 1.82) is 0 Å². The molecule has 0 fully saturated rings. The minimum absolute atomic E-state index is 0.00118. The molecule has 0 radical (unpaired) electrons. The summed E-state index contributed by atoms with van der Waals surface area (Å²) in [6, 6.07) is 10.7. The Morgan fingerprint density at radius 2 is 1.67 bits per heavy atom. The Kier molecular flexibility index (Phi) is 17.0. The number of benzene rings is 2. The molecule has 0 spiro atoms. The smallest absolute Gasteiger partial charge is 0.408 e. The van der Waals surface area contributed by atoms with Crippen molar-refractivity contribution in [3.8, 4) is 0 Å². The molecule has 2 aromatic heterocycles. The van der Waals surface area contributed by atoms with Crippen molar-refractivity contribution in [3.63, 3.8) is 0 Å². The Bertz CT molecular complexity index is 1980. The second kappa shape index (κ2) is 22.3. The maximum atomic E-state index is 14.1. The minimum atomic E-state index is -1.54. The molecule has 0 bridgehead atoms. The highest BCUT2D eigenvalue weighted by Crippen LogP contribution is 2.31. The average molecular weight is 837 g/mol. The second-order valence-electron chi connectivity index (χ2n) is 14.2. The predicted molar refractivity (Wildman–Crippen MR) is 224 cm³/mol. The number of carbonyl (C=O) groups excluding carboxylic acids is 4. The average Bonchev–Trinajstić information content (AvgIpc) is 4.00. The van der Waals surface area contributed by atoms with Gasteiger partial charge in [-0.15, -0.1) is 23.1 Å². The number of nitrogens with two attached hydrogens (primary N) is 1. The number of unbranched alkanes of at least 4 members (excludes halogenated alkanes) is 2. The van der Waals surface area contributed by atoms with Crippen molar-refractivity contribution in [2.24, 2.45) is 10.7 Å². The SMILES string of the molecule is CN(C)CCCC[C@H](NC(=O)[C@H](Cc1cnc[nH]1)NC(=O)OCc1ccccc1)C(=O)N[C@@H](CCCCN)C(=O)Nc1ccc2nc(C3=N[C@@H](C(O)O)CS3)sc2c1. The number of fused-ring (bicyclic) bond motifs is 1. The normalized spacial score (nSPS) is 15.5. The summed E-state index contributed by atoms with van der Waals surface area (Å²) >= 11 is 2.77. The van der Waals surface area contributed by atoms with E-state index in [1.807, 2.05) is 49.3 Å². The molecule has 19 heteroatoms. The number of aliphatic hydroxyl groups is 2. The van der Waals surface area contributed by atoms with Crippen LogP contribution in [-0.4, -0.2) is 122 Å². The predicted octanol–water partition coefficient (Wildman–Crippen LogP) is 2.50. The number of anilines is 1. The van der Waals surface area contributed by atoms with E-state index in [0.29, 0.717) is 64.9 Å². The van der Waals surface area contributed by atoms with E-state index < -0.39 is 54.3 Å². The van der Waals surface area contributed by atoms with Gasteiger partial charge < -0.3 is 51.8 Å². The van der Waals surface area contributed by atoms with Crippen LogP contribution in [0.1, 0.15) is 54.8 Å². The lowest BCUT2D eigenvalue weighted by molar-refractivity contribution is -0.132. The van der Waals surface area contributed by atoms with E-state index in [1.54, 1.807) is 24.4 Å². The van der Waals surface area contributed by atoms with Crippen molar-refractivity contribution in [2.75, 3.05) is 38.3 Å². The third-order valence-electron chi connectivity index (χ3n) is 9.22. The maximum absolute atomic E-state index is 14.1. The number of nitrogens with one attached hydrogen (secondary N) is 5. The Morgan fingerprint density at radius 1 is 0.948 bits per heavy atom. The highest BCUT2D eigenvalue weighted by Gasteiger charge is 2.31. The lowest BCUT2D eigenvalue weighted by atomic mass is 10.0. The van der Waals surface area contributed by atoms with Crippen LogP contribution in [0.5, 0.6) is 0 Å². The number of aliphatic imine (C=N–C) groups is 1.